The molecule has 0 spiro atoms. The SMILES string of the molecule is Cc1cccc(-c2cnc(-c3ccc(OCc4c(C)noc4C)cc3)[nH]2)c1C. The molecule has 2 aromatic carbocycles. The van der Waals surface area contributed by atoms with E-state index in [1.807, 2.05) is 44.3 Å². The first-order chi connectivity index (χ1) is 13.5. The van der Waals surface area contributed by atoms with Crippen molar-refractivity contribution >= 4 is 0 Å². The highest BCUT2D eigenvalue weighted by Gasteiger charge is 2.11. The largest absolute Gasteiger partial charge is 0.489 e. The van der Waals surface area contributed by atoms with Crippen molar-refractivity contribution in [2.45, 2.75) is 34.3 Å². The van der Waals surface area contributed by atoms with E-state index in [0.29, 0.717) is 6.61 Å². The van der Waals surface area contributed by atoms with Crippen molar-refractivity contribution in [2.24, 2.45) is 0 Å². The van der Waals surface area contributed by atoms with Gasteiger partial charge in [-0.25, -0.2) is 4.98 Å². The highest BCUT2D eigenvalue weighted by atomic mass is 16.5. The summed E-state index contributed by atoms with van der Waals surface area (Å²) in [6, 6.07) is 14.2. The molecule has 0 aliphatic heterocycles. The molecular weight excluding hydrogens is 350 g/mol. The summed E-state index contributed by atoms with van der Waals surface area (Å²) in [6.07, 6.45) is 1.89. The zero-order chi connectivity index (χ0) is 19.7. The van der Waals surface area contributed by atoms with Crippen LogP contribution >= 0.6 is 0 Å². The fraction of sp³-hybridized carbons (Fsp3) is 0.217. The summed E-state index contributed by atoms with van der Waals surface area (Å²) < 4.78 is 11.0. The quantitative estimate of drug-likeness (QED) is 0.498. The number of rotatable bonds is 5. The highest BCUT2D eigenvalue weighted by Crippen LogP contribution is 2.27. The minimum Gasteiger partial charge on any atom is -0.489 e. The van der Waals surface area contributed by atoms with Gasteiger partial charge in [-0.15, -0.1) is 0 Å². The van der Waals surface area contributed by atoms with Gasteiger partial charge in [-0.2, -0.15) is 0 Å². The summed E-state index contributed by atoms with van der Waals surface area (Å²) in [7, 11) is 0. The van der Waals surface area contributed by atoms with Crippen LogP contribution in [-0.4, -0.2) is 15.1 Å². The second-order valence-corrected chi connectivity index (χ2v) is 7.01. The molecule has 5 nitrogen and oxygen atoms in total. The number of nitrogens with one attached hydrogen (secondary N) is 1. The van der Waals surface area contributed by atoms with Gasteiger partial charge in [-0.3, -0.25) is 0 Å². The molecule has 0 aliphatic carbocycles. The molecule has 0 radical (unpaired) electrons. The summed E-state index contributed by atoms with van der Waals surface area (Å²) in [4.78, 5) is 7.99. The van der Waals surface area contributed by atoms with Gasteiger partial charge in [0.1, 0.15) is 23.9 Å². The van der Waals surface area contributed by atoms with Crippen molar-refractivity contribution < 1.29 is 9.26 Å². The molecule has 2 heterocycles. The number of H-pyrrole nitrogens is 1. The van der Waals surface area contributed by atoms with Gasteiger partial charge in [-0.1, -0.05) is 23.4 Å². The van der Waals surface area contributed by atoms with Crippen molar-refractivity contribution in [2.75, 3.05) is 0 Å². The number of imidazole rings is 1. The van der Waals surface area contributed by atoms with Crippen LogP contribution in [0.3, 0.4) is 0 Å². The molecule has 0 unspecified atom stereocenters. The minimum atomic E-state index is 0.443. The fourth-order valence-corrected chi connectivity index (χ4v) is 3.22. The molecule has 28 heavy (non-hydrogen) atoms. The monoisotopic (exact) mass is 373 g/mol. The predicted octanol–water partition coefficient (Wildman–Crippen LogP) is 5.54. The number of aromatic amines is 1. The molecule has 5 heteroatoms. The van der Waals surface area contributed by atoms with Crippen LogP contribution in [0.15, 0.2) is 53.2 Å². The zero-order valence-electron chi connectivity index (χ0n) is 16.5. The topological polar surface area (TPSA) is 63.9 Å². The number of ether oxygens (including phenoxy) is 1. The van der Waals surface area contributed by atoms with E-state index >= 15 is 0 Å². The van der Waals surface area contributed by atoms with Crippen molar-refractivity contribution in [1.29, 1.82) is 0 Å². The Morgan fingerprint density at radius 2 is 1.79 bits per heavy atom. The lowest BCUT2D eigenvalue weighted by molar-refractivity contribution is 0.302. The first kappa shape index (κ1) is 18.0. The minimum absolute atomic E-state index is 0.443. The number of hydrogen-bond donors (Lipinski definition) is 1. The molecule has 0 aliphatic rings. The second-order valence-electron chi connectivity index (χ2n) is 7.01. The summed E-state index contributed by atoms with van der Waals surface area (Å²) in [5.41, 5.74) is 7.61. The molecular formula is C23H23N3O2. The predicted molar refractivity (Wildman–Crippen MR) is 109 cm³/mol. The molecule has 142 valence electrons. The van der Waals surface area contributed by atoms with Crippen LogP contribution in [0.2, 0.25) is 0 Å². The molecule has 0 fully saturated rings. The average Bonchev–Trinajstić information content (AvgIpc) is 3.30. The van der Waals surface area contributed by atoms with Gasteiger partial charge in [0.2, 0.25) is 0 Å². The third-order valence-corrected chi connectivity index (χ3v) is 5.16. The van der Waals surface area contributed by atoms with Crippen LogP contribution in [0.1, 0.15) is 28.1 Å². The van der Waals surface area contributed by atoms with Crippen LogP contribution in [-0.2, 0) is 6.61 Å². The Morgan fingerprint density at radius 1 is 1.00 bits per heavy atom. The second kappa shape index (κ2) is 7.35. The maximum atomic E-state index is 5.88. The molecule has 0 bridgehead atoms. The van der Waals surface area contributed by atoms with E-state index in [-0.39, 0.29) is 0 Å². The van der Waals surface area contributed by atoms with Gasteiger partial charge in [0, 0.05) is 11.1 Å². The maximum Gasteiger partial charge on any atom is 0.140 e. The van der Waals surface area contributed by atoms with E-state index in [0.717, 1.165) is 39.8 Å². The summed E-state index contributed by atoms with van der Waals surface area (Å²) in [6.45, 7) is 8.51. The van der Waals surface area contributed by atoms with Crippen LogP contribution < -0.4 is 4.74 Å². The van der Waals surface area contributed by atoms with Gasteiger partial charge >= 0.3 is 0 Å². The summed E-state index contributed by atoms with van der Waals surface area (Å²) >= 11 is 0. The number of benzene rings is 2. The van der Waals surface area contributed by atoms with Gasteiger partial charge in [-0.05, 0) is 63.1 Å². The van der Waals surface area contributed by atoms with E-state index in [1.165, 1.54) is 16.7 Å². The van der Waals surface area contributed by atoms with Crippen molar-refractivity contribution in [3.63, 3.8) is 0 Å². The lowest BCUT2D eigenvalue weighted by Gasteiger charge is -2.07. The Bertz CT molecular complexity index is 1090. The Kier molecular flexibility index (Phi) is 4.74. The van der Waals surface area contributed by atoms with Crippen molar-refractivity contribution in [3.05, 3.63) is 76.8 Å². The molecule has 0 saturated carbocycles. The van der Waals surface area contributed by atoms with Gasteiger partial charge in [0.15, 0.2) is 0 Å². The molecule has 0 amide bonds. The first-order valence-electron chi connectivity index (χ1n) is 9.29. The lowest BCUT2D eigenvalue weighted by atomic mass is 10.0. The number of nitrogens with zero attached hydrogens (tertiary/aromatic N) is 2. The van der Waals surface area contributed by atoms with Crippen LogP contribution in [0.5, 0.6) is 5.75 Å². The van der Waals surface area contributed by atoms with E-state index < -0.39 is 0 Å². The molecule has 0 atom stereocenters. The third kappa shape index (κ3) is 3.43. The molecule has 0 saturated heterocycles. The number of hydrogen-bond acceptors (Lipinski definition) is 4. The van der Waals surface area contributed by atoms with Crippen molar-refractivity contribution in [1.82, 2.24) is 15.1 Å². The van der Waals surface area contributed by atoms with E-state index in [1.54, 1.807) is 0 Å². The van der Waals surface area contributed by atoms with E-state index in [2.05, 4.69) is 47.2 Å². The number of aryl methyl sites for hydroxylation is 3. The van der Waals surface area contributed by atoms with Gasteiger partial charge in [0.25, 0.3) is 0 Å². The lowest BCUT2D eigenvalue weighted by Crippen LogP contribution is -1.97. The standard InChI is InChI=1S/C23H23N3O2/c1-14-6-5-7-20(15(14)2)22-12-24-23(25-22)18-8-10-19(11-9-18)27-13-21-16(3)26-28-17(21)4/h5-12H,13H2,1-4H3,(H,24,25). The molecule has 2 aromatic heterocycles. The third-order valence-electron chi connectivity index (χ3n) is 5.16. The van der Waals surface area contributed by atoms with Gasteiger partial charge in [0.05, 0.1) is 23.1 Å². The highest BCUT2D eigenvalue weighted by molar-refractivity contribution is 5.68. The molecule has 4 rings (SSSR count). The van der Waals surface area contributed by atoms with Crippen LogP contribution in [0, 0.1) is 27.7 Å². The smallest absolute Gasteiger partial charge is 0.140 e. The van der Waals surface area contributed by atoms with Crippen LogP contribution in [0.4, 0.5) is 0 Å². The Balaban J connectivity index is 1.50. The zero-order valence-corrected chi connectivity index (χ0v) is 16.5. The molecule has 1 N–H and O–H groups in total. The van der Waals surface area contributed by atoms with Crippen molar-refractivity contribution in [3.8, 4) is 28.4 Å². The normalized spacial score (nSPS) is 11.0. The average molecular weight is 373 g/mol. The Labute approximate surface area is 164 Å². The Hall–Kier alpha value is -3.34. The summed E-state index contributed by atoms with van der Waals surface area (Å²) in [5.74, 6) is 2.43. The van der Waals surface area contributed by atoms with E-state index in [9.17, 15) is 0 Å². The number of aromatic nitrogens is 3. The first-order valence-corrected chi connectivity index (χ1v) is 9.29. The van der Waals surface area contributed by atoms with E-state index in [4.69, 9.17) is 9.26 Å². The summed E-state index contributed by atoms with van der Waals surface area (Å²) in [5, 5.41) is 3.95. The fourth-order valence-electron chi connectivity index (χ4n) is 3.22. The van der Waals surface area contributed by atoms with Gasteiger partial charge < -0.3 is 14.2 Å². The molecule has 4 aromatic rings. The van der Waals surface area contributed by atoms with Crippen LogP contribution in [0.25, 0.3) is 22.6 Å². The Morgan fingerprint density at radius 3 is 2.50 bits per heavy atom. The maximum absolute atomic E-state index is 5.88.